The van der Waals surface area contributed by atoms with E-state index in [2.05, 4.69) is 39.5 Å². The van der Waals surface area contributed by atoms with Crippen LogP contribution in [0, 0.1) is 6.92 Å². The molecule has 2 fully saturated rings. The van der Waals surface area contributed by atoms with Crippen LogP contribution in [0.3, 0.4) is 0 Å². The van der Waals surface area contributed by atoms with Crippen molar-refractivity contribution in [2.75, 3.05) is 31.2 Å². The molecule has 1 atom stereocenters. The molecule has 0 amide bonds. The number of likely N-dealkylation sites (tertiary alicyclic amines) is 1. The summed E-state index contributed by atoms with van der Waals surface area (Å²) in [6, 6.07) is 24.9. The molecule has 0 spiro atoms. The van der Waals surface area contributed by atoms with Gasteiger partial charge in [-0.25, -0.2) is 13.4 Å². The van der Waals surface area contributed by atoms with Crippen LogP contribution >= 0.6 is 11.8 Å². The Balaban J connectivity index is 1.28. The predicted octanol–water partition coefficient (Wildman–Crippen LogP) is 7.33. The number of fused-ring (bicyclic) bond motifs is 1. The molecule has 1 unspecified atom stereocenters. The number of thioether (sulfide) groups is 1. The Hall–Kier alpha value is -3.99. The second kappa shape index (κ2) is 13.3. The number of piperidine rings is 1. The van der Waals surface area contributed by atoms with E-state index < -0.39 is 15.1 Å². The van der Waals surface area contributed by atoms with Gasteiger partial charge in [-0.3, -0.25) is 9.36 Å². The molecule has 5 aromatic rings. The molecule has 47 heavy (non-hydrogen) atoms. The van der Waals surface area contributed by atoms with E-state index in [0.717, 1.165) is 18.8 Å². The van der Waals surface area contributed by atoms with Crippen molar-refractivity contribution < 1.29 is 8.42 Å². The van der Waals surface area contributed by atoms with Crippen LogP contribution in [-0.2, 0) is 9.84 Å². The van der Waals surface area contributed by atoms with Crippen molar-refractivity contribution in [3.63, 3.8) is 0 Å². The molecule has 0 radical (unpaired) electrons. The number of hydrogen-bond acceptors (Lipinski definition) is 8. The lowest BCUT2D eigenvalue weighted by molar-refractivity contribution is 0.277. The summed E-state index contributed by atoms with van der Waals surface area (Å²) in [7, 11) is -1.56. The fourth-order valence-electron chi connectivity index (χ4n) is 6.77. The second-order valence-electron chi connectivity index (χ2n) is 12.6. The van der Waals surface area contributed by atoms with Gasteiger partial charge < -0.3 is 10.2 Å². The Morgan fingerprint density at radius 2 is 1.66 bits per heavy atom. The zero-order chi connectivity index (χ0) is 32.5. The van der Waals surface area contributed by atoms with Crippen molar-refractivity contribution >= 4 is 44.3 Å². The molecule has 0 bridgehead atoms. The third kappa shape index (κ3) is 6.34. The van der Waals surface area contributed by atoms with Crippen LogP contribution in [0.2, 0.25) is 0 Å². The van der Waals surface area contributed by atoms with E-state index in [4.69, 9.17) is 4.98 Å². The molecule has 2 aromatic heterocycles. The highest BCUT2D eigenvalue weighted by molar-refractivity contribution is 7.99. The van der Waals surface area contributed by atoms with Gasteiger partial charge in [0.1, 0.15) is 0 Å². The highest BCUT2D eigenvalue weighted by atomic mass is 32.2. The first kappa shape index (κ1) is 31.6. The lowest BCUT2D eigenvalue weighted by atomic mass is 10.0. The Kier molecular flexibility index (Phi) is 8.91. The first-order chi connectivity index (χ1) is 22.8. The minimum absolute atomic E-state index is 0.278. The molecule has 10 heteroatoms. The van der Waals surface area contributed by atoms with Crippen LogP contribution in [0.15, 0.2) is 94.7 Å². The summed E-state index contributed by atoms with van der Waals surface area (Å²) in [4.78, 5) is 26.3. The normalized spacial score (nSPS) is 18.0. The molecule has 7 rings (SSSR count). The summed E-state index contributed by atoms with van der Waals surface area (Å²) in [5.74, 6) is 1.60. The molecule has 8 nitrogen and oxygen atoms in total. The van der Waals surface area contributed by atoms with Crippen molar-refractivity contribution in [1.82, 2.24) is 19.4 Å². The molecule has 0 aliphatic carbocycles. The fraction of sp³-hybridized carbons (Fsp3) is 0.324. The molecule has 4 heterocycles. The van der Waals surface area contributed by atoms with Crippen LogP contribution in [0.1, 0.15) is 48.5 Å². The highest BCUT2D eigenvalue weighted by Crippen LogP contribution is 2.39. The number of pyridine rings is 1. The maximum absolute atomic E-state index is 14.4. The van der Waals surface area contributed by atoms with Crippen LogP contribution < -0.4 is 10.9 Å². The van der Waals surface area contributed by atoms with Gasteiger partial charge in [0.25, 0.3) is 5.56 Å². The summed E-state index contributed by atoms with van der Waals surface area (Å²) in [5, 5.41) is 4.10. The van der Waals surface area contributed by atoms with Gasteiger partial charge >= 0.3 is 0 Å². The number of hydrogen-bond donors (Lipinski definition) is 1. The van der Waals surface area contributed by atoms with E-state index in [1.54, 1.807) is 35.9 Å². The minimum Gasteiger partial charge on any atom is -0.324 e. The van der Waals surface area contributed by atoms with Gasteiger partial charge in [0.2, 0.25) is 5.95 Å². The van der Waals surface area contributed by atoms with Crippen molar-refractivity contribution in [2.24, 2.45) is 0 Å². The summed E-state index contributed by atoms with van der Waals surface area (Å²) in [6.45, 7) is 3.29. The number of nitrogens with one attached hydrogen (secondary N) is 1. The Morgan fingerprint density at radius 1 is 0.894 bits per heavy atom. The standard InChI is InChI=1S/C37H39N5O3S2/c1-25-31(11-8-13-34(25)47(44,45)30-18-20-41(2)21-19-30)32-23-27-24-38-37(40-35(27)42(36(32)43)29-9-4-3-5-10-29)39-28-16-14-26(15-17-28)33-12-6-7-22-46-33/h3-5,8-11,13-17,23-24,30,33H,6-7,12,18-22H2,1-2H3,(H,38,39,40). The number of aromatic nitrogens is 3. The van der Waals surface area contributed by atoms with Crippen LogP contribution in [0.25, 0.3) is 27.8 Å². The summed E-state index contributed by atoms with van der Waals surface area (Å²) in [5.41, 5.74) is 4.63. The monoisotopic (exact) mass is 665 g/mol. The summed E-state index contributed by atoms with van der Waals surface area (Å²) < 4.78 is 29.3. The first-order valence-electron chi connectivity index (χ1n) is 16.3. The van der Waals surface area contributed by atoms with E-state index >= 15 is 0 Å². The quantitative estimate of drug-likeness (QED) is 0.193. The van der Waals surface area contributed by atoms with Gasteiger partial charge in [-0.1, -0.05) is 48.9 Å². The first-order valence-corrected chi connectivity index (χ1v) is 18.9. The molecular formula is C37H39N5O3S2. The largest absolute Gasteiger partial charge is 0.324 e. The number of para-hydroxylation sites is 1. The van der Waals surface area contributed by atoms with Crippen molar-refractivity contribution in [2.45, 2.75) is 54.4 Å². The predicted molar refractivity (Wildman–Crippen MR) is 192 cm³/mol. The topological polar surface area (TPSA) is 97.2 Å². The van der Waals surface area contributed by atoms with Gasteiger partial charge in [-0.15, -0.1) is 0 Å². The molecule has 0 saturated carbocycles. The van der Waals surface area contributed by atoms with Crippen LogP contribution in [0.5, 0.6) is 0 Å². The van der Waals surface area contributed by atoms with E-state index in [9.17, 15) is 13.2 Å². The van der Waals surface area contributed by atoms with E-state index in [1.807, 2.05) is 55.2 Å². The van der Waals surface area contributed by atoms with Gasteiger partial charge in [-0.2, -0.15) is 16.7 Å². The Morgan fingerprint density at radius 3 is 2.38 bits per heavy atom. The third-order valence-electron chi connectivity index (χ3n) is 9.46. The molecule has 242 valence electrons. The number of sulfone groups is 1. The average Bonchev–Trinajstić information content (AvgIpc) is 3.09. The van der Waals surface area contributed by atoms with Crippen molar-refractivity contribution in [3.8, 4) is 16.8 Å². The van der Waals surface area contributed by atoms with E-state index in [-0.39, 0.29) is 5.56 Å². The number of benzene rings is 3. The van der Waals surface area contributed by atoms with Crippen LogP contribution in [-0.4, -0.2) is 59.0 Å². The van der Waals surface area contributed by atoms with Crippen molar-refractivity contribution in [1.29, 1.82) is 0 Å². The number of nitrogens with zero attached hydrogens (tertiary/aromatic N) is 4. The maximum Gasteiger partial charge on any atom is 0.264 e. The van der Waals surface area contributed by atoms with Gasteiger partial charge in [-0.05, 0) is 112 Å². The van der Waals surface area contributed by atoms with Gasteiger partial charge in [0, 0.05) is 28.1 Å². The van der Waals surface area contributed by atoms with Gasteiger partial charge in [0.05, 0.1) is 15.8 Å². The Labute approximate surface area is 280 Å². The lowest BCUT2D eigenvalue weighted by Crippen LogP contribution is -2.37. The molecule has 2 aliphatic heterocycles. The molecule has 3 aromatic carbocycles. The smallest absolute Gasteiger partial charge is 0.264 e. The summed E-state index contributed by atoms with van der Waals surface area (Å²) >= 11 is 2.03. The minimum atomic E-state index is -3.58. The van der Waals surface area contributed by atoms with E-state index in [0.29, 0.717) is 62.3 Å². The third-order valence-corrected chi connectivity index (χ3v) is 13.3. The zero-order valence-electron chi connectivity index (χ0n) is 26.7. The fourth-order valence-corrected chi connectivity index (χ4v) is 10.1. The maximum atomic E-state index is 14.4. The van der Waals surface area contributed by atoms with Crippen molar-refractivity contribution in [3.05, 3.63) is 107 Å². The zero-order valence-corrected chi connectivity index (χ0v) is 28.4. The number of rotatable bonds is 7. The molecule has 1 N–H and O–H groups in total. The van der Waals surface area contributed by atoms with E-state index in [1.165, 1.54) is 30.6 Å². The average molecular weight is 666 g/mol. The molecule has 2 saturated heterocycles. The second-order valence-corrected chi connectivity index (χ2v) is 16.1. The Bertz CT molecular complexity index is 2070. The molecular weight excluding hydrogens is 627 g/mol. The van der Waals surface area contributed by atoms with Gasteiger partial charge in [0.15, 0.2) is 15.5 Å². The van der Waals surface area contributed by atoms with Crippen LogP contribution in [0.4, 0.5) is 11.6 Å². The molecule has 2 aliphatic rings. The highest BCUT2D eigenvalue weighted by Gasteiger charge is 2.32. The SMILES string of the molecule is Cc1c(-c2cc3cnc(Nc4ccc(C5CCCCS5)cc4)nc3n(-c3ccccc3)c2=O)cccc1S(=O)(=O)C1CCN(C)CC1. The summed E-state index contributed by atoms with van der Waals surface area (Å²) in [6.07, 6.45) is 6.68. The lowest BCUT2D eigenvalue weighted by Gasteiger charge is -2.29. The number of anilines is 2.